The summed E-state index contributed by atoms with van der Waals surface area (Å²) in [7, 11) is 0. The molecule has 1 amide bonds. The zero-order valence-corrected chi connectivity index (χ0v) is 16.0. The third-order valence-corrected chi connectivity index (χ3v) is 5.73. The van der Waals surface area contributed by atoms with Crippen LogP contribution in [0.3, 0.4) is 0 Å². The van der Waals surface area contributed by atoms with Crippen LogP contribution in [0, 0.1) is 16.0 Å². The molecule has 1 saturated carbocycles. The fourth-order valence-electron chi connectivity index (χ4n) is 3.20. The minimum Gasteiger partial charge on any atom is -0.325 e. The van der Waals surface area contributed by atoms with Crippen molar-refractivity contribution in [2.24, 2.45) is 5.92 Å². The number of nitrogens with one attached hydrogen (secondary N) is 2. The first-order chi connectivity index (χ1) is 13.0. The van der Waals surface area contributed by atoms with E-state index in [2.05, 4.69) is 20.5 Å². The second-order valence-corrected chi connectivity index (χ2v) is 8.12. The van der Waals surface area contributed by atoms with E-state index in [0.717, 1.165) is 24.6 Å². The molecule has 0 radical (unpaired) electrons. The number of carbonyl (C=O) groups excluding carboxylic acids is 1. The van der Waals surface area contributed by atoms with E-state index in [0.29, 0.717) is 10.8 Å². The molecule has 1 atom stereocenters. The Kier molecular flexibility index (Phi) is 6.44. The third-order valence-electron chi connectivity index (χ3n) is 4.77. The molecule has 1 fully saturated rings. The fourth-order valence-corrected chi connectivity index (χ4v) is 3.95. The van der Waals surface area contributed by atoms with Gasteiger partial charge in [0.15, 0.2) is 0 Å². The number of aromatic amines is 1. The maximum absolute atomic E-state index is 12.3. The normalized spacial score (nSPS) is 15.6. The lowest BCUT2D eigenvalue weighted by molar-refractivity contribution is -0.384. The molecule has 27 heavy (non-hydrogen) atoms. The number of H-pyrrole nitrogens is 1. The van der Waals surface area contributed by atoms with Crippen LogP contribution < -0.4 is 5.32 Å². The maximum Gasteiger partial charge on any atom is 0.269 e. The second-order valence-electron chi connectivity index (χ2n) is 6.81. The maximum atomic E-state index is 12.3. The lowest BCUT2D eigenvalue weighted by Crippen LogP contribution is -2.22. The van der Waals surface area contributed by atoms with E-state index in [1.165, 1.54) is 61.7 Å². The van der Waals surface area contributed by atoms with Crippen molar-refractivity contribution >= 4 is 29.0 Å². The summed E-state index contributed by atoms with van der Waals surface area (Å²) in [6.45, 7) is 1.78. The number of amides is 1. The number of aromatic nitrogens is 3. The average Bonchev–Trinajstić information content (AvgIpc) is 3.32. The molecule has 0 aliphatic heterocycles. The van der Waals surface area contributed by atoms with Crippen LogP contribution in [0.15, 0.2) is 29.4 Å². The Morgan fingerprint density at radius 1 is 1.37 bits per heavy atom. The van der Waals surface area contributed by atoms with Crippen LogP contribution in [0.5, 0.6) is 0 Å². The largest absolute Gasteiger partial charge is 0.325 e. The Morgan fingerprint density at radius 3 is 2.74 bits per heavy atom. The minimum absolute atomic E-state index is 0.0127. The Labute approximate surface area is 161 Å². The van der Waals surface area contributed by atoms with Gasteiger partial charge in [-0.3, -0.25) is 20.0 Å². The first-order valence-electron chi connectivity index (χ1n) is 9.14. The molecule has 0 bridgehead atoms. The summed E-state index contributed by atoms with van der Waals surface area (Å²) in [6, 6.07) is 5.75. The Balaban J connectivity index is 1.48. The van der Waals surface area contributed by atoms with Crippen molar-refractivity contribution in [3.8, 4) is 0 Å². The van der Waals surface area contributed by atoms with E-state index in [1.54, 1.807) is 6.92 Å². The summed E-state index contributed by atoms with van der Waals surface area (Å²) in [5.74, 6) is 1.47. The molecule has 2 aromatic rings. The number of nitro groups is 1. The van der Waals surface area contributed by atoms with Crippen LogP contribution in [-0.2, 0) is 11.2 Å². The molecule has 1 aromatic heterocycles. The fraction of sp³-hybridized carbons (Fsp3) is 0.500. The molecular formula is C18H23N5O3S. The SMILES string of the molecule is C[C@@H](Sc1n[nH]c(CCC2CCCC2)n1)C(=O)Nc1ccc([N+](=O)[O-])cc1. The molecule has 3 rings (SSSR count). The van der Waals surface area contributed by atoms with Gasteiger partial charge in [0.2, 0.25) is 11.1 Å². The Morgan fingerprint density at radius 2 is 2.07 bits per heavy atom. The van der Waals surface area contributed by atoms with Gasteiger partial charge in [0, 0.05) is 24.2 Å². The number of hydrogen-bond acceptors (Lipinski definition) is 6. The monoisotopic (exact) mass is 389 g/mol. The predicted octanol–water partition coefficient (Wildman–Crippen LogP) is 3.96. The molecular weight excluding hydrogens is 366 g/mol. The quantitative estimate of drug-likeness (QED) is 0.401. The highest BCUT2D eigenvalue weighted by Crippen LogP contribution is 2.28. The van der Waals surface area contributed by atoms with Gasteiger partial charge in [-0.25, -0.2) is 4.98 Å². The molecule has 0 unspecified atom stereocenters. The zero-order valence-electron chi connectivity index (χ0n) is 15.2. The number of nitrogens with zero attached hydrogens (tertiary/aromatic N) is 3. The smallest absolute Gasteiger partial charge is 0.269 e. The highest BCUT2D eigenvalue weighted by molar-refractivity contribution is 8.00. The molecule has 0 saturated heterocycles. The number of thioether (sulfide) groups is 1. The molecule has 144 valence electrons. The van der Waals surface area contributed by atoms with Gasteiger partial charge in [-0.2, -0.15) is 0 Å². The number of hydrogen-bond donors (Lipinski definition) is 2. The average molecular weight is 389 g/mol. The van der Waals surface area contributed by atoms with Crippen LogP contribution in [0.2, 0.25) is 0 Å². The van der Waals surface area contributed by atoms with Crippen molar-refractivity contribution in [1.29, 1.82) is 0 Å². The highest BCUT2D eigenvalue weighted by Gasteiger charge is 2.19. The van der Waals surface area contributed by atoms with Gasteiger partial charge in [-0.1, -0.05) is 37.4 Å². The summed E-state index contributed by atoms with van der Waals surface area (Å²) in [5, 5.41) is 20.7. The summed E-state index contributed by atoms with van der Waals surface area (Å²) < 4.78 is 0. The van der Waals surface area contributed by atoms with Crippen molar-refractivity contribution in [2.45, 2.75) is 55.9 Å². The van der Waals surface area contributed by atoms with Crippen molar-refractivity contribution in [1.82, 2.24) is 15.2 Å². The van der Waals surface area contributed by atoms with Gasteiger partial charge in [-0.05, 0) is 31.4 Å². The van der Waals surface area contributed by atoms with Gasteiger partial charge in [0.1, 0.15) is 5.82 Å². The number of anilines is 1. The first-order valence-corrected chi connectivity index (χ1v) is 10.0. The molecule has 2 N–H and O–H groups in total. The van der Waals surface area contributed by atoms with E-state index in [4.69, 9.17) is 0 Å². The lowest BCUT2D eigenvalue weighted by Gasteiger charge is -2.10. The van der Waals surface area contributed by atoms with Gasteiger partial charge >= 0.3 is 0 Å². The van der Waals surface area contributed by atoms with E-state index in [-0.39, 0.29) is 11.6 Å². The lowest BCUT2D eigenvalue weighted by atomic mass is 10.0. The van der Waals surface area contributed by atoms with E-state index in [9.17, 15) is 14.9 Å². The Hall–Kier alpha value is -2.42. The van der Waals surface area contributed by atoms with Crippen molar-refractivity contribution in [3.05, 3.63) is 40.2 Å². The van der Waals surface area contributed by atoms with Gasteiger partial charge < -0.3 is 5.32 Å². The van der Waals surface area contributed by atoms with E-state index < -0.39 is 10.2 Å². The molecule has 9 heteroatoms. The summed E-state index contributed by atoms with van der Waals surface area (Å²) in [4.78, 5) is 27.0. The Bertz CT molecular complexity index is 787. The van der Waals surface area contributed by atoms with Gasteiger partial charge in [-0.15, -0.1) is 5.10 Å². The molecule has 1 aliphatic carbocycles. The number of rotatable bonds is 8. The minimum atomic E-state index is -0.475. The number of nitro benzene ring substituents is 1. The summed E-state index contributed by atoms with van der Waals surface area (Å²) >= 11 is 1.28. The third kappa shape index (κ3) is 5.53. The molecule has 1 aromatic carbocycles. The van der Waals surface area contributed by atoms with Crippen LogP contribution in [-0.4, -0.2) is 31.3 Å². The van der Waals surface area contributed by atoms with E-state index in [1.807, 2.05) is 0 Å². The second kappa shape index (κ2) is 8.98. The molecule has 1 heterocycles. The number of non-ortho nitro benzene ring substituents is 1. The number of benzene rings is 1. The van der Waals surface area contributed by atoms with Crippen molar-refractivity contribution < 1.29 is 9.72 Å². The van der Waals surface area contributed by atoms with Crippen LogP contribution in [0.25, 0.3) is 0 Å². The molecule has 1 aliphatic rings. The standard InChI is InChI=1S/C18H23N5O3S/c1-12(17(24)19-14-7-9-15(10-8-14)23(25)26)27-18-20-16(21-22-18)11-6-13-4-2-3-5-13/h7-10,12-13H,2-6,11H2,1H3,(H,19,24)(H,20,21,22)/t12-/m1/s1. The number of aryl methyl sites for hydroxylation is 1. The van der Waals surface area contributed by atoms with Crippen LogP contribution in [0.1, 0.15) is 44.9 Å². The van der Waals surface area contributed by atoms with Crippen LogP contribution >= 0.6 is 11.8 Å². The van der Waals surface area contributed by atoms with Crippen molar-refractivity contribution in [3.63, 3.8) is 0 Å². The van der Waals surface area contributed by atoms with Crippen molar-refractivity contribution in [2.75, 3.05) is 5.32 Å². The molecule has 8 nitrogen and oxygen atoms in total. The van der Waals surface area contributed by atoms with Gasteiger partial charge in [0.25, 0.3) is 5.69 Å². The van der Waals surface area contributed by atoms with Crippen LogP contribution in [0.4, 0.5) is 11.4 Å². The van der Waals surface area contributed by atoms with Gasteiger partial charge in [0.05, 0.1) is 10.2 Å². The van der Waals surface area contributed by atoms with E-state index >= 15 is 0 Å². The topological polar surface area (TPSA) is 114 Å². The highest BCUT2D eigenvalue weighted by atomic mass is 32.2. The molecule has 0 spiro atoms. The summed E-state index contributed by atoms with van der Waals surface area (Å²) in [6.07, 6.45) is 7.33. The zero-order chi connectivity index (χ0) is 19.2. The predicted molar refractivity (Wildman–Crippen MR) is 104 cm³/mol. The summed E-state index contributed by atoms with van der Waals surface area (Å²) in [5.41, 5.74) is 0.506. The first kappa shape index (κ1) is 19.3. The number of carbonyl (C=O) groups is 1.